The zero-order valence-corrected chi connectivity index (χ0v) is 19.3. The fourth-order valence-electron chi connectivity index (χ4n) is 8.30. The highest BCUT2D eigenvalue weighted by Crippen LogP contribution is 2.66. The topological polar surface area (TPSA) is 33.2 Å². The van der Waals surface area contributed by atoms with Gasteiger partial charge in [-0.3, -0.25) is 9.78 Å². The SMILES string of the molecule is CCC(=O)N1CCCC2(C)C3CCC4(C)C(c5cncc(C)c5)=CCC4C3CCC12. The number of carbonyl (C=O) groups excluding carboxylic acids is 1. The van der Waals surface area contributed by atoms with Crippen molar-refractivity contribution in [3.05, 3.63) is 35.7 Å². The van der Waals surface area contributed by atoms with Crippen LogP contribution in [0.4, 0.5) is 0 Å². The molecule has 1 aromatic heterocycles. The van der Waals surface area contributed by atoms with Gasteiger partial charge in [-0.25, -0.2) is 0 Å². The normalized spacial score (nSPS) is 40.3. The molecule has 5 rings (SSSR count). The monoisotopic (exact) mass is 406 g/mol. The van der Waals surface area contributed by atoms with Gasteiger partial charge < -0.3 is 4.90 Å². The Bertz CT molecular complexity index is 875. The molecule has 162 valence electrons. The minimum Gasteiger partial charge on any atom is -0.339 e. The van der Waals surface area contributed by atoms with Crippen LogP contribution in [-0.4, -0.2) is 28.4 Å². The summed E-state index contributed by atoms with van der Waals surface area (Å²) in [5.74, 6) is 2.70. The molecule has 30 heavy (non-hydrogen) atoms. The first-order chi connectivity index (χ1) is 14.4. The van der Waals surface area contributed by atoms with Crippen LogP contribution >= 0.6 is 0 Å². The Morgan fingerprint density at radius 1 is 1.17 bits per heavy atom. The highest BCUT2D eigenvalue weighted by atomic mass is 16.2. The minimum absolute atomic E-state index is 0.285. The number of amides is 1. The maximum Gasteiger partial charge on any atom is 0.222 e. The number of nitrogens with zero attached hydrogens (tertiary/aromatic N) is 2. The molecule has 2 heterocycles. The molecule has 6 atom stereocenters. The van der Waals surface area contributed by atoms with Gasteiger partial charge in [-0.1, -0.05) is 26.8 Å². The second-order valence-electron chi connectivity index (χ2n) is 11.1. The van der Waals surface area contributed by atoms with Gasteiger partial charge in [-0.05, 0) is 103 Å². The summed E-state index contributed by atoms with van der Waals surface area (Å²) in [5.41, 5.74) is 4.75. The summed E-state index contributed by atoms with van der Waals surface area (Å²) < 4.78 is 0. The molecular weight excluding hydrogens is 368 g/mol. The molecule has 6 unspecified atom stereocenters. The van der Waals surface area contributed by atoms with E-state index in [4.69, 9.17) is 0 Å². The summed E-state index contributed by atoms with van der Waals surface area (Å²) in [5, 5.41) is 0. The molecule has 1 amide bonds. The van der Waals surface area contributed by atoms with E-state index in [2.05, 4.69) is 49.0 Å². The second-order valence-corrected chi connectivity index (χ2v) is 11.1. The zero-order chi connectivity index (χ0) is 21.1. The van der Waals surface area contributed by atoms with Crippen LogP contribution in [0.1, 0.15) is 83.3 Å². The van der Waals surface area contributed by atoms with Crippen LogP contribution in [-0.2, 0) is 4.79 Å². The molecule has 3 fully saturated rings. The average Bonchev–Trinajstić information content (AvgIpc) is 3.09. The third kappa shape index (κ3) is 2.83. The van der Waals surface area contributed by atoms with E-state index < -0.39 is 0 Å². The van der Waals surface area contributed by atoms with E-state index in [-0.39, 0.29) is 5.41 Å². The first-order valence-corrected chi connectivity index (χ1v) is 12.3. The zero-order valence-electron chi connectivity index (χ0n) is 19.3. The maximum absolute atomic E-state index is 12.7. The van der Waals surface area contributed by atoms with Gasteiger partial charge in [0.25, 0.3) is 0 Å². The predicted octanol–water partition coefficient (Wildman–Crippen LogP) is 6.03. The number of piperidine rings is 1. The summed E-state index contributed by atoms with van der Waals surface area (Å²) in [6, 6.07) is 2.80. The van der Waals surface area contributed by atoms with Crippen LogP contribution in [0.15, 0.2) is 24.5 Å². The summed E-state index contributed by atoms with van der Waals surface area (Å²) in [7, 11) is 0. The molecular formula is C27H38N2O. The van der Waals surface area contributed by atoms with Crippen molar-refractivity contribution < 1.29 is 4.79 Å². The van der Waals surface area contributed by atoms with Crippen LogP contribution in [0, 0.1) is 35.5 Å². The van der Waals surface area contributed by atoms with Crippen molar-refractivity contribution >= 4 is 11.5 Å². The molecule has 3 heteroatoms. The first kappa shape index (κ1) is 20.3. The number of pyridine rings is 1. The van der Waals surface area contributed by atoms with Gasteiger partial charge in [0.1, 0.15) is 0 Å². The van der Waals surface area contributed by atoms with Crippen molar-refractivity contribution in [2.45, 2.75) is 85.1 Å². The van der Waals surface area contributed by atoms with Crippen molar-refractivity contribution in [1.29, 1.82) is 0 Å². The van der Waals surface area contributed by atoms with E-state index in [1.807, 2.05) is 13.1 Å². The molecule has 3 nitrogen and oxygen atoms in total. The van der Waals surface area contributed by atoms with Crippen molar-refractivity contribution in [1.82, 2.24) is 9.88 Å². The number of likely N-dealkylation sites (tertiary alicyclic amines) is 1. The number of aromatic nitrogens is 1. The molecule has 1 aromatic rings. The average molecular weight is 407 g/mol. The largest absolute Gasteiger partial charge is 0.339 e. The molecule has 0 N–H and O–H groups in total. The van der Waals surface area contributed by atoms with E-state index in [1.54, 1.807) is 5.57 Å². The highest BCUT2D eigenvalue weighted by molar-refractivity contribution is 5.76. The van der Waals surface area contributed by atoms with E-state index in [0.29, 0.717) is 23.8 Å². The lowest BCUT2D eigenvalue weighted by Gasteiger charge is -2.62. The van der Waals surface area contributed by atoms with Crippen LogP contribution in [0.25, 0.3) is 5.57 Å². The van der Waals surface area contributed by atoms with Crippen molar-refractivity contribution in [2.75, 3.05) is 6.54 Å². The number of carbonyl (C=O) groups is 1. The number of fused-ring (bicyclic) bond motifs is 5. The van der Waals surface area contributed by atoms with E-state index in [9.17, 15) is 4.79 Å². The molecule has 0 bridgehead atoms. The summed E-state index contributed by atoms with van der Waals surface area (Å²) in [6.07, 6.45) is 16.0. The fraction of sp³-hybridized carbons (Fsp3) is 0.704. The van der Waals surface area contributed by atoms with Crippen molar-refractivity contribution in [3.63, 3.8) is 0 Å². The molecule has 0 spiro atoms. The van der Waals surface area contributed by atoms with Crippen molar-refractivity contribution in [3.8, 4) is 0 Å². The molecule has 2 saturated carbocycles. The van der Waals surface area contributed by atoms with Gasteiger partial charge in [0.2, 0.25) is 5.91 Å². The summed E-state index contributed by atoms with van der Waals surface area (Å²) in [4.78, 5) is 19.5. The predicted molar refractivity (Wildman–Crippen MR) is 122 cm³/mol. The number of hydrogen-bond donors (Lipinski definition) is 0. The van der Waals surface area contributed by atoms with Gasteiger partial charge >= 0.3 is 0 Å². The first-order valence-electron chi connectivity index (χ1n) is 12.3. The molecule has 1 aliphatic heterocycles. The summed E-state index contributed by atoms with van der Waals surface area (Å²) in [6.45, 7) is 10.2. The molecule has 1 saturated heterocycles. The number of aryl methyl sites for hydroxylation is 1. The molecule has 4 aliphatic rings. The van der Waals surface area contributed by atoms with Gasteiger partial charge in [-0.15, -0.1) is 0 Å². The number of hydrogen-bond acceptors (Lipinski definition) is 2. The Morgan fingerprint density at radius 3 is 2.77 bits per heavy atom. The Kier molecular flexibility index (Phi) is 4.87. The summed E-state index contributed by atoms with van der Waals surface area (Å²) >= 11 is 0. The highest BCUT2D eigenvalue weighted by Gasteiger charge is 2.59. The Hall–Kier alpha value is -1.64. The second kappa shape index (κ2) is 7.21. The molecule has 0 aromatic carbocycles. The third-order valence-corrected chi connectivity index (χ3v) is 9.70. The maximum atomic E-state index is 12.7. The minimum atomic E-state index is 0.285. The lowest BCUT2D eigenvalue weighted by Crippen LogP contribution is -2.61. The number of allylic oxidation sites excluding steroid dienone is 2. The Balaban J connectivity index is 1.43. The van der Waals surface area contributed by atoms with Crippen LogP contribution in [0.5, 0.6) is 0 Å². The Morgan fingerprint density at radius 2 is 2.00 bits per heavy atom. The van der Waals surface area contributed by atoms with E-state index in [0.717, 1.165) is 24.3 Å². The smallest absolute Gasteiger partial charge is 0.222 e. The van der Waals surface area contributed by atoms with Crippen LogP contribution in [0.3, 0.4) is 0 Å². The van der Waals surface area contributed by atoms with Gasteiger partial charge in [0, 0.05) is 31.4 Å². The van der Waals surface area contributed by atoms with Gasteiger partial charge in [-0.2, -0.15) is 0 Å². The standard InChI is InChI=1S/C27H38N2O/c1-5-25(30)29-14-6-12-27(4)23-11-13-26(3)21(19-15-18(2)16-28-17-19)8-9-22(26)20(23)7-10-24(27)29/h8,15-17,20,22-24H,5-7,9-14H2,1-4H3. The van der Waals surface area contributed by atoms with Crippen LogP contribution < -0.4 is 0 Å². The van der Waals surface area contributed by atoms with Gasteiger partial charge in [0.05, 0.1) is 0 Å². The lowest BCUT2D eigenvalue weighted by molar-refractivity contribution is -0.153. The molecule has 0 radical (unpaired) electrons. The quantitative estimate of drug-likeness (QED) is 0.601. The Labute approximate surface area is 182 Å². The van der Waals surface area contributed by atoms with E-state index >= 15 is 0 Å². The van der Waals surface area contributed by atoms with Crippen molar-refractivity contribution in [2.24, 2.45) is 28.6 Å². The van der Waals surface area contributed by atoms with E-state index in [1.165, 1.54) is 56.1 Å². The molecule has 3 aliphatic carbocycles. The van der Waals surface area contributed by atoms with Crippen LogP contribution in [0.2, 0.25) is 0 Å². The lowest BCUT2D eigenvalue weighted by atomic mass is 9.46. The fourth-order valence-corrected chi connectivity index (χ4v) is 8.30. The van der Waals surface area contributed by atoms with Gasteiger partial charge in [0.15, 0.2) is 0 Å². The third-order valence-electron chi connectivity index (χ3n) is 9.70. The number of rotatable bonds is 2.